The average molecular weight is 270 g/mol. The van der Waals surface area contributed by atoms with E-state index in [1.54, 1.807) is 12.1 Å². The summed E-state index contributed by atoms with van der Waals surface area (Å²) in [6.07, 6.45) is 0. The first-order chi connectivity index (χ1) is 9.72. The van der Waals surface area contributed by atoms with Gasteiger partial charge in [0.25, 0.3) is 0 Å². The molecule has 0 unspecified atom stereocenters. The van der Waals surface area contributed by atoms with Gasteiger partial charge in [-0.25, -0.2) is 4.79 Å². The highest BCUT2D eigenvalue weighted by atomic mass is 16.4. The van der Waals surface area contributed by atoms with Gasteiger partial charge in [-0.2, -0.15) is 0 Å². The van der Waals surface area contributed by atoms with Crippen molar-refractivity contribution in [2.45, 2.75) is 6.54 Å². The summed E-state index contributed by atoms with van der Waals surface area (Å²) in [4.78, 5) is 11.2. The van der Waals surface area contributed by atoms with Gasteiger partial charge in [0.2, 0.25) is 0 Å². The molecule has 0 radical (unpaired) electrons. The molecule has 4 nitrogen and oxygen atoms in total. The molecule has 0 fully saturated rings. The lowest BCUT2D eigenvalue weighted by atomic mass is 9.99. The normalized spacial score (nSPS) is 10.4. The summed E-state index contributed by atoms with van der Waals surface area (Å²) in [6, 6.07) is 14.9. The number of hydrogen-bond donors (Lipinski definition) is 3. The Balaban J connectivity index is 2.20. The van der Waals surface area contributed by atoms with E-state index >= 15 is 0 Å². The highest BCUT2D eigenvalue weighted by Crippen LogP contribution is 2.24. The van der Waals surface area contributed by atoms with Crippen LogP contribution in [-0.2, 0) is 6.54 Å². The minimum absolute atomic E-state index is 0.321. The number of nitrogens with two attached hydrogens (primary N) is 1. The maximum atomic E-state index is 11.2. The van der Waals surface area contributed by atoms with Crippen molar-refractivity contribution in [2.75, 3.05) is 13.1 Å². The van der Waals surface area contributed by atoms with Crippen LogP contribution in [0.5, 0.6) is 0 Å². The molecule has 0 spiro atoms. The van der Waals surface area contributed by atoms with E-state index in [-0.39, 0.29) is 0 Å². The highest BCUT2D eigenvalue weighted by Gasteiger charge is 2.10. The van der Waals surface area contributed by atoms with E-state index < -0.39 is 5.97 Å². The molecule has 0 aliphatic rings. The van der Waals surface area contributed by atoms with E-state index in [0.29, 0.717) is 12.1 Å². The molecule has 0 saturated heterocycles. The van der Waals surface area contributed by atoms with Crippen LogP contribution in [0.25, 0.3) is 11.1 Å². The van der Waals surface area contributed by atoms with Crippen LogP contribution in [0.2, 0.25) is 0 Å². The molecule has 0 aromatic heterocycles. The fourth-order valence-corrected chi connectivity index (χ4v) is 2.06. The molecule has 0 aliphatic heterocycles. The van der Waals surface area contributed by atoms with Crippen molar-refractivity contribution in [1.29, 1.82) is 0 Å². The molecule has 2 aromatic rings. The predicted octanol–water partition coefficient (Wildman–Crippen LogP) is 2.10. The predicted molar refractivity (Wildman–Crippen MR) is 79.6 cm³/mol. The maximum absolute atomic E-state index is 11.2. The molecular formula is C16H18N2O2. The van der Waals surface area contributed by atoms with Crippen LogP contribution in [0.3, 0.4) is 0 Å². The Labute approximate surface area is 118 Å². The second-order valence-corrected chi connectivity index (χ2v) is 4.51. The van der Waals surface area contributed by atoms with E-state index in [2.05, 4.69) is 5.32 Å². The number of nitrogens with one attached hydrogen (secondary N) is 1. The molecular weight excluding hydrogens is 252 g/mol. The van der Waals surface area contributed by atoms with Crippen LogP contribution in [0, 0.1) is 0 Å². The average Bonchev–Trinajstić information content (AvgIpc) is 2.48. The Morgan fingerprint density at radius 3 is 2.45 bits per heavy atom. The number of hydrogen-bond acceptors (Lipinski definition) is 3. The molecule has 20 heavy (non-hydrogen) atoms. The summed E-state index contributed by atoms with van der Waals surface area (Å²) < 4.78 is 0. The molecule has 0 heterocycles. The van der Waals surface area contributed by atoms with Crippen molar-refractivity contribution in [2.24, 2.45) is 5.73 Å². The molecule has 0 atom stereocenters. The smallest absolute Gasteiger partial charge is 0.336 e. The van der Waals surface area contributed by atoms with E-state index in [1.807, 2.05) is 36.4 Å². The molecule has 104 valence electrons. The number of benzene rings is 2. The van der Waals surface area contributed by atoms with Gasteiger partial charge >= 0.3 is 5.97 Å². The zero-order valence-corrected chi connectivity index (χ0v) is 11.2. The van der Waals surface area contributed by atoms with Crippen LogP contribution in [0.15, 0.2) is 48.5 Å². The van der Waals surface area contributed by atoms with E-state index in [9.17, 15) is 9.90 Å². The quantitative estimate of drug-likeness (QED) is 0.703. The summed E-state index contributed by atoms with van der Waals surface area (Å²) in [7, 11) is 0. The summed E-state index contributed by atoms with van der Waals surface area (Å²) >= 11 is 0. The Kier molecular flexibility index (Phi) is 4.87. The van der Waals surface area contributed by atoms with Gasteiger partial charge in [0.1, 0.15) is 0 Å². The lowest BCUT2D eigenvalue weighted by molar-refractivity contribution is 0.0697. The van der Waals surface area contributed by atoms with Crippen LogP contribution >= 0.6 is 0 Å². The SMILES string of the molecule is NCCNCc1ccc(-c2ccccc2C(=O)O)cc1. The van der Waals surface area contributed by atoms with Gasteiger partial charge in [0, 0.05) is 19.6 Å². The molecule has 0 aliphatic carbocycles. The third kappa shape index (κ3) is 3.44. The monoisotopic (exact) mass is 270 g/mol. The first kappa shape index (κ1) is 14.2. The number of carboxylic acid groups (broad SMARTS) is 1. The van der Waals surface area contributed by atoms with Crippen LogP contribution < -0.4 is 11.1 Å². The van der Waals surface area contributed by atoms with Crippen molar-refractivity contribution in [3.63, 3.8) is 0 Å². The molecule has 0 bridgehead atoms. The van der Waals surface area contributed by atoms with Crippen LogP contribution in [0.1, 0.15) is 15.9 Å². The van der Waals surface area contributed by atoms with Crippen LogP contribution in [0.4, 0.5) is 0 Å². The number of aromatic carboxylic acids is 1. The topological polar surface area (TPSA) is 75.3 Å². The summed E-state index contributed by atoms with van der Waals surface area (Å²) in [6.45, 7) is 2.16. The Morgan fingerprint density at radius 2 is 1.80 bits per heavy atom. The number of carbonyl (C=O) groups is 1. The van der Waals surface area contributed by atoms with E-state index in [1.165, 1.54) is 0 Å². The van der Waals surface area contributed by atoms with Gasteiger partial charge < -0.3 is 16.2 Å². The molecule has 2 aromatic carbocycles. The van der Waals surface area contributed by atoms with Gasteiger partial charge in [0.05, 0.1) is 5.56 Å². The van der Waals surface area contributed by atoms with E-state index in [0.717, 1.165) is 29.8 Å². The molecule has 2 rings (SSSR count). The fourth-order valence-electron chi connectivity index (χ4n) is 2.06. The second-order valence-electron chi connectivity index (χ2n) is 4.51. The Bertz CT molecular complexity index is 579. The number of rotatable bonds is 6. The third-order valence-electron chi connectivity index (χ3n) is 3.07. The third-order valence-corrected chi connectivity index (χ3v) is 3.07. The zero-order chi connectivity index (χ0) is 14.4. The fraction of sp³-hybridized carbons (Fsp3) is 0.188. The molecule has 0 amide bonds. The van der Waals surface area contributed by atoms with Gasteiger partial charge in [-0.3, -0.25) is 0 Å². The lowest BCUT2D eigenvalue weighted by Gasteiger charge is -2.08. The van der Waals surface area contributed by atoms with Crippen LogP contribution in [-0.4, -0.2) is 24.2 Å². The lowest BCUT2D eigenvalue weighted by Crippen LogP contribution is -2.21. The van der Waals surface area contributed by atoms with Crippen molar-refractivity contribution in [1.82, 2.24) is 5.32 Å². The molecule has 4 heteroatoms. The summed E-state index contributed by atoms with van der Waals surface area (Å²) in [5.41, 5.74) is 8.53. The zero-order valence-electron chi connectivity index (χ0n) is 11.2. The van der Waals surface area contributed by atoms with Gasteiger partial charge in [-0.15, -0.1) is 0 Å². The first-order valence-electron chi connectivity index (χ1n) is 6.55. The Morgan fingerprint density at radius 1 is 1.10 bits per heavy atom. The summed E-state index contributed by atoms with van der Waals surface area (Å²) in [5, 5.41) is 12.4. The van der Waals surface area contributed by atoms with Crippen molar-refractivity contribution in [3.8, 4) is 11.1 Å². The van der Waals surface area contributed by atoms with Crippen molar-refractivity contribution >= 4 is 5.97 Å². The Hall–Kier alpha value is -2.17. The number of carboxylic acids is 1. The minimum Gasteiger partial charge on any atom is -0.478 e. The standard InChI is InChI=1S/C16H18N2O2/c17-9-10-18-11-12-5-7-13(8-6-12)14-3-1-2-4-15(14)16(19)20/h1-8,18H,9-11,17H2,(H,19,20). The minimum atomic E-state index is -0.908. The largest absolute Gasteiger partial charge is 0.478 e. The van der Waals surface area contributed by atoms with Gasteiger partial charge in [0.15, 0.2) is 0 Å². The second kappa shape index (κ2) is 6.84. The van der Waals surface area contributed by atoms with Crippen molar-refractivity contribution < 1.29 is 9.90 Å². The first-order valence-corrected chi connectivity index (χ1v) is 6.55. The summed E-state index contributed by atoms with van der Waals surface area (Å²) in [5.74, 6) is -0.908. The van der Waals surface area contributed by atoms with Crippen molar-refractivity contribution in [3.05, 3.63) is 59.7 Å². The maximum Gasteiger partial charge on any atom is 0.336 e. The van der Waals surface area contributed by atoms with Gasteiger partial charge in [-0.05, 0) is 22.8 Å². The van der Waals surface area contributed by atoms with Gasteiger partial charge in [-0.1, -0.05) is 42.5 Å². The molecule has 4 N–H and O–H groups in total. The van der Waals surface area contributed by atoms with E-state index in [4.69, 9.17) is 5.73 Å². The highest BCUT2D eigenvalue weighted by molar-refractivity contribution is 5.95. The molecule has 0 saturated carbocycles.